The smallest absolute Gasteiger partial charge is 0.357 e. The third kappa shape index (κ3) is 1.82. The van der Waals surface area contributed by atoms with Crippen molar-refractivity contribution < 1.29 is 14.4 Å². The van der Waals surface area contributed by atoms with Crippen molar-refractivity contribution in [2.75, 3.05) is 13.7 Å². The summed E-state index contributed by atoms with van der Waals surface area (Å²) < 4.78 is 5.09. The van der Waals surface area contributed by atoms with Crippen LogP contribution < -0.4 is 5.48 Å². The summed E-state index contributed by atoms with van der Waals surface area (Å²) in [6.07, 6.45) is -0.265. The second-order valence-corrected chi connectivity index (χ2v) is 5.01. The lowest BCUT2D eigenvalue weighted by atomic mass is 9.88. The van der Waals surface area contributed by atoms with E-state index < -0.39 is 0 Å². The van der Waals surface area contributed by atoms with Crippen molar-refractivity contribution in [1.29, 1.82) is 0 Å². The van der Waals surface area contributed by atoms with Crippen LogP contribution in [0.3, 0.4) is 0 Å². The van der Waals surface area contributed by atoms with Crippen LogP contribution >= 0.6 is 0 Å². The van der Waals surface area contributed by atoms with Gasteiger partial charge in [-0.25, -0.2) is 4.79 Å². The second kappa shape index (κ2) is 4.92. The predicted molar refractivity (Wildman–Crippen MR) is 74.2 cm³/mol. The van der Waals surface area contributed by atoms with Gasteiger partial charge in [0.05, 0.1) is 6.61 Å². The van der Waals surface area contributed by atoms with Crippen LogP contribution in [-0.4, -0.2) is 30.8 Å². The Morgan fingerprint density at radius 1 is 1.45 bits per heavy atom. The molecule has 0 radical (unpaired) electrons. The lowest BCUT2D eigenvalue weighted by Crippen LogP contribution is -2.39. The summed E-state index contributed by atoms with van der Waals surface area (Å²) >= 11 is 0. The van der Waals surface area contributed by atoms with Crippen LogP contribution in [-0.2, 0) is 14.4 Å². The number of benzene rings is 1. The number of carbonyl (C=O) groups is 1. The number of hydrogen-bond donors (Lipinski definition) is 1. The molecule has 0 unspecified atom stereocenters. The van der Waals surface area contributed by atoms with E-state index in [9.17, 15) is 4.79 Å². The average molecular weight is 274 g/mol. The molecule has 5 nitrogen and oxygen atoms in total. The molecule has 0 saturated heterocycles. The van der Waals surface area contributed by atoms with Crippen molar-refractivity contribution in [3.63, 3.8) is 0 Å². The average Bonchev–Trinajstić information content (AvgIpc) is 2.90. The second-order valence-electron chi connectivity index (χ2n) is 5.01. The van der Waals surface area contributed by atoms with Gasteiger partial charge in [-0.3, -0.25) is 15.2 Å². The maximum atomic E-state index is 12.1. The number of rotatable bonds is 2. The van der Waals surface area contributed by atoms with E-state index in [2.05, 4.69) is 23.4 Å². The number of esters is 1. The Bertz CT molecular complexity index is 582. The third-order valence-electron chi connectivity index (χ3n) is 3.95. The van der Waals surface area contributed by atoms with Gasteiger partial charge in [0, 0.05) is 11.6 Å². The van der Waals surface area contributed by atoms with E-state index in [4.69, 9.17) is 9.57 Å². The van der Waals surface area contributed by atoms with E-state index in [1.807, 2.05) is 25.2 Å². The molecule has 2 heterocycles. The molecule has 2 aliphatic rings. The van der Waals surface area contributed by atoms with Gasteiger partial charge in [0.1, 0.15) is 0 Å². The van der Waals surface area contributed by atoms with Gasteiger partial charge in [-0.15, -0.1) is 0 Å². The molecule has 0 aromatic heterocycles. The molecule has 3 rings (SSSR count). The van der Waals surface area contributed by atoms with E-state index in [-0.39, 0.29) is 18.2 Å². The summed E-state index contributed by atoms with van der Waals surface area (Å²) in [5.41, 5.74) is 6.25. The van der Waals surface area contributed by atoms with Crippen LogP contribution in [0.4, 0.5) is 0 Å². The Kier molecular flexibility index (Phi) is 3.23. The molecule has 5 heteroatoms. The van der Waals surface area contributed by atoms with Crippen LogP contribution in [0.25, 0.3) is 5.57 Å². The first-order valence-corrected chi connectivity index (χ1v) is 6.79. The molecule has 0 spiro atoms. The molecule has 0 bridgehead atoms. The van der Waals surface area contributed by atoms with E-state index in [0.717, 1.165) is 11.1 Å². The zero-order valence-corrected chi connectivity index (χ0v) is 11.8. The van der Waals surface area contributed by atoms with Gasteiger partial charge in [0.15, 0.2) is 11.9 Å². The number of hydroxylamine groups is 1. The predicted octanol–water partition coefficient (Wildman–Crippen LogP) is 1.83. The van der Waals surface area contributed by atoms with Crippen LogP contribution in [0, 0.1) is 0 Å². The summed E-state index contributed by atoms with van der Waals surface area (Å²) in [6.45, 7) is 4.26. The molecule has 0 amide bonds. The number of nitrogens with zero attached hydrogens (tertiary/aromatic N) is 1. The molecule has 1 N–H and O–H groups in total. The largest absolute Gasteiger partial charge is 0.461 e. The summed E-state index contributed by atoms with van der Waals surface area (Å²) in [7, 11) is 1.99. The van der Waals surface area contributed by atoms with Crippen molar-refractivity contribution in [3.05, 3.63) is 41.1 Å². The van der Waals surface area contributed by atoms with Crippen LogP contribution in [0.1, 0.15) is 31.0 Å². The Hall–Kier alpha value is -1.85. The number of nitrogens with one attached hydrogen (secondary N) is 1. The molecule has 0 fully saturated rings. The monoisotopic (exact) mass is 274 g/mol. The Morgan fingerprint density at radius 3 is 2.95 bits per heavy atom. The number of hydrogen-bond acceptors (Lipinski definition) is 5. The van der Waals surface area contributed by atoms with Gasteiger partial charge >= 0.3 is 5.97 Å². The van der Waals surface area contributed by atoms with Crippen molar-refractivity contribution in [1.82, 2.24) is 10.4 Å². The fourth-order valence-electron chi connectivity index (χ4n) is 2.79. The van der Waals surface area contributed by atoms with Crippen LogP contribution in [0.5, 0.6) is 0 Å². The van der Waals surface area contributed by atoms with Crippen molar-refractivity contribution in [3.8, 4) is 0 Å². The lowest BCUT2D eigenvalue weighted by molar-refractivity contribution is -0.140. The lowest BCUT2D eigenvalue weighted by Gasteiger charge is -2.37. The standard InChI is InChI=1S/C15H18N2O3/c1-4-19-15(18)13-12-11-8-6-5-7-10(11)9(2)17(3)14(12)20-16-13/h5-9,14,16H,4H2,1-3H3/t9-,14+/m0/s1. The highest BCUT2D eigenvalue weighted by Crippen LogP contribution is 2.42. The topological polar surface area (TPSA) is 50.8 Å². The first-order chi connectivity index (χ1) is 9.65. The van der Waals surface area contributed by atoms with Gasteiger partial charge in [0.25, 0.3) is 0 Å². The number of likely N-dealkylation sites (N-methyl/N-ethyl adjacent to an activating group) is 1. The maximum Gasteiger partial charge on any atom is 0.357 e. The molecule has 106 valence electrons. The van der Waals surface area contributed by atoms with Crippen LogP contribution in [0.2, 0.25) is 0 Å². The summed E-state index contributed by atoms with van der Waals surface area (Å²) in [5, 5.41) is 0. The first-order valence-electron chi connectivity index (χ1n) is 6.79. The minimum atomic E-state index is -0.372. The summed E-state index contributed by atoms with van der Waals surface area (Å²) in [4.78, 5) is 19.7. The van der Waals surface area contributed by atoms with E-state index in [1.165, 1.54) is 5.56 Å². The third-order valence-corrected chi connectivity index (χ3v) is 3.95. The molecule has 0 saturated carbocycles. The van der Waals surface area contributed by atoms with Gasteiger partial charge in [-0.05, 0) is 32.0 Å². The normalized spacial score (nSPS) is 24.9. The van der Waals surface area contributed by atoms with Crippen molar-refractivity contribution in [2.24, 2.45) is 0 Å². The molecule has 20 heavy (non-hydrogen) atoms. The molecule has 1 aromatic rings. The first kappa shape index (κ1) is 13.1. The van der Waals surface area contributed by atoms with Crippen molar-refractivity contribution >= 4 is 11.5 Å². The van der Waals surface area contributed by atoms with Crippen molar-refractivity contribution in [2.45, 2.75) is 26.1 Å². The molecular weight excluding hydrogens is 256 g/mol. The van der Waals surface area contributed by atoms with Gasteiger partial charge in [-0.1, -0.05) is 24.3 Å². The zero-order valence-electron chi connectivity index (χ0n) is 11.8. The number of carbonyl (C=O) groups excluding carboxylic acids is 1. The molecule has 2 aliphatic heterocycles. The fraction of sp³-hybridized carbons (Fsp3) is 0.400. The number of ether oxygens (including phenoxy) is 1. The number of fused-ring (bicyclic) bond motifs is 3. The quantitative estimate of drug-likeness (QED) is 0.834. The molecule has 1 aromatic carbocycles. The van der Waals surface area contributed by atoms with E-state index in [1.54, 1.807) is 6.92 Å². The summed E-state index contributed by atoms with van der Waals surface area (Å²) in [5.74, 6) is -0.372. The highest BCUT2D eigenvalue weighted by molar-refractivity contribution is 5.99. The highest BCUT2D eigenvalue weighted by atomic mass is 16.7. The SMILES string of the molecule is CCOC(=O)C1=C2c3ccccc3[C@H](C)N(C)[C@@H]2ON1. The van der Waals surface area contributed by atoms with Crippen LogP contribution in [0.15, 0.2) is 30.0 Å². The minimum absolute atomic E-state index is 0.225. The molecule has 0 aliphatic carbocycles. The van der Waals surface area contributed by atoms with Gasteiger partial charge in [-0.2, -0.15) is 0 Å². The Morgan fingerprint density at radius 2 is 2.20 bits per heavy atom. The van der Waals surface area contributed by atoms with Gasteiger partial charge in [0.2, 0.25) is 0 Å². The highest BCUT2D eigenvalue weighted by Gasteiger charge is 2.41. The summed E-state index contributed by atoms with van der Waals surface area (Å²) in [6, 6.07) is 8.32. The molecule has 2 atom stereocenters. The van der Waals surface area contributed by atoms with E-state index in [0.29, 0.717) is 12.3 Å². The molecular formula is C15H18N2O3. The van der Waals surface area contributed by atoms with E-state index >= 15 is 0 Å². The Labute approximate surface area is 118 Å². The zero-order chi connectivity index (χ0) is 14.3. The Balaban J connectivity index is 2.15. The van der Waals surface area contributed by atoms with Gasteiger partial charge < -0.3 is 4.74 Å². The fourth-order valence-corrected chi connectivity index (χ4v) is 2.79. The minimum Gasteiger partial charge on any atom is -0.461 e. The maximum absolute atomic E-state index is 12.1.